The second-order valence-corrected chi connectivity index (χ2v) is 4.13. The van der Waals surface area contributed by atoms with Gasteiger partial charge in [-0.05, 0) is 20.8 Å². The molecule has 0 unspecified atom stereocenters. The molecule has 0 amide bonds. The summed E-state index contributed by atoms with van der Waals surface area (Å²) >= 11 is 0. The molecule has 1 rings (SSSR count). The maximum atomic E-state index is 4.22. The van der Waals surface area contributed by atoms with Gasteiger partial charge in [-0.3, -0.25) is 0 Å². The van der Waals surface area contributed by atoms with Gasteiger partial charge in [0.15, 0.2) is 0 Å². The summed E-state index contributed by atoms with van der Waals surface area (Å²) in [6, 6.07) is 0. The SMILES string of the molecule is Cn1cnc(CNC(C)(C)C)c1. The highest BCUT2D eigenvalue weighted by Gasteiger charge is 2.08. The molecule has 0 bridgehead atoms. The Kier molecular flexibility index (Phi) is 2.52. The van der Waals surface area contributed by atoms with Crippen LogP contribution in [0.4, 0.5) is 0 Å². The molecule has 0 atom stereocenters. The van der Waals surface area contributed by atoms with Crippen molar-refractivity contribution in [2.75, 3.05) is 0 Å². The van der Waals surface area contributed by atoms with Gasteiger partial charge in [0, 0.05) is 25.3 Å². The third kappa shape index (κ3) is 3.05. The minimum absolute atomic E-state index is 0.164. The zero-order valence-corrected chi connectivity index (χ0v) is 8.26. The van der Waals surface area contributed by atoms with Crippen LogP contribution in [0.25, 0.3) is 0 Å². The summed E-state index contributed by atoms with van der Waals surface area (Å²) in [4.78, 5) is 4.22. The molecule has 0 spiro atoms. The summed E-state index contributed by atoms with van der Waals surface area (Å²) in [6.07, 6.45) is 3.85. The largest absolute Gasteiger partial charge is 0.340 e. The molecule has 0 saturated heterocycles. The van der Waals surface area contributed by atoms with Crippen molar-refractivity contribution in [1.82, 2.24) is 14.9 Å². The van der Waals surface area contributed by atoms with Crippen LogP contribution >= 0.6 is 0 Å². The molecule has 0 saturated carbocycles. The molecule has 1 aromatic heterocycles. The van der Waals surface area contributed by atoms with Crippen LogP contribution in [0, 0.1) is 0 Å². The Morgan fingerprint density at radius 2 is 2.17 bits per heavy atom. The number of hydrogen-bond acceptors (Lipinski definition) is 2. The van der Waals surface area contributed by atoms with Crippen molar-refractivity contribution in [2.45, 2.75) is 32.9 Å². The first kappa shape index (κ1) is 9.26. The first-order chi connectivity index (χ1) is 5.47. The van der Waals surface area contributed by atoms with E-state index in [9.17, 15) is 0 Å². The first-order valence-corrected chi connectivity index (χ1v) is 4.19. The van der Waals surface area contributed by atoms with Gasteiger partial charge < -0.3 is 9.88 Å². The predicted octanol–water partition coefficient (Wildman–Crippen LogP) is 1.31. The van der Waals surface area contributed by atoms with Crippen LogP contribution in [0.3, 0.4) is 0 Å². The number of aromatic nitrogens is 2. The third-order valence-electron chi connectivity index (χ3n) is 1.56. The zero-order valence-electron chi connectivity index (χ0n) is 8.26. The first-order valence-electron chi connectivity index (χ1n) is 4.19. The summed E-state index contributed by atoms with van der Waals surface area (Å²) in [7, 11) is 1.98. The lowest BCUT2D eigenvalue weighted by atomic mass is 10.1. The Hall–Kier alpha value is -0.830. The normalized spacial score (nSPS) is 12.0. The fraction of sp³-hybridized carbons (Fsp3) is 0.667. The van der Waals surface area contributed by atoms with Gasteiger partial charge in [0.25, 0.3) is 0 Å². The summed E-state index contributed by atoms with van der Waals surface area (Å²) in [5, 5.41) is 3.38. The van der Waals surface area contributed by atoms with Crippen molar-refractivity contribution < 1.29 is 0 Å². The Balaban J connectivity index is 2.44. The molecule has 3 heteroatoms. The number of hydrogen-bond donors (Lipinski definition) is 1. The van der Waals surface area contributed by atoms with Gasteiger partial charge in [0.2, 0.25) is 0 Å². The van der Waals surface area contributed by atoms with Crippen LogP contribution in [-0.2, 0) is 13.6 Å². The van der Waals surface area contributed by atoms with Crippen molar-refractivity contribution in [1.29, 1.82) is 0 Å². The highest BCUT2D eigenvalue weighted by atomic mass is 15.0. The maximum absolute atomic E-state index is 4.22. The number of nitrogens with one attached hydrogen (secondary N) is 1. The van der Waals surface area contributed by atoms with Crippen molar-refractivity contribution in [3.63, 3.8) is 0 Å². The number of imidazole rings is 1. The summed E-state index contributed by atoms with van der Waals surface area (Å²) in [5.41, 5.74) is 1.25. The Morgan fingerprint density at radius 3 is 2.58 bits per heavy atom. The molecule has 0 fully saturated rings. The molecular formula is C9H17N3. The van der Waals surface area contributed by atoms with Gasteiger partial charge in [0.05, 0.1) is 12.0 Å². The van der Waals surface area contributed by atoms with E-state index < -0.39 is 0 Å². The van der Waals surface area contributed by atoms with Gasteiger partial charge in [-0.2, -0.15) is 0 Å². The fourth-order valence-corrected chi connectivity index (χ4v) is 0.914. The average molecular weight is 167 g/mol. The van der Waals surface area contributed by atoms with E-state index in [0.29, 0.717) is 0 Å². The third-order valence-corrected chi connectivity index (χ3v) is 1.56. The van der Waals surface area contributed by atoms with Crippen LogP contribution in [0.15, 0.2) is 12.5 Å². The van der Waals surface area contributed by atoms with Crippen LogP contribution < -0.4 is 5.32 Å². The van der Waals surface area contributed by atoms with Crippen molar-refractivity contribution >= 4 is 0 Å². The lowest BCUT2D eigenvalue weighted by Crippen LogP contribution is -2.35. The van der Waals surface area contributed by atoms with E-state index in [-0.39, 0.29) is 5.54 Å². The van der Waals surface area contributed by atoms with Gasteiger partial charge in [-0.15, -0.1) is 0 Å². The number of aryl methyl sites for hydroxylation is 1. The second kappa shape index (κ2) is 3.27. The lowest BCUT2D eigenvalue weighted by Gasteiger charge is -2.19. The standard InChI is InChI=1S/C9H17N3/c1-9(2,3)11-5-8-6-12(4)7-10-8/h6-7,11H,5H2,1-4H3. The molecule has 68 valence electrons. The van der Waals surface area contributed by atoms with E-state index in [1.807, 2.05) is 24.1 Å². The predicted molar refractivity (Wildman–Crippen MR) is 49.8 cm³/mol. The number of nitrogens with zero attached hydrogens (tertiary/aromatic N) is 2. The Labute approximate surface area is 73.8 Å². The lowest BCUT2D eigenvalue weighted by molar-refractivity contribution is 0.421. The minimum atomic E-state index is 0.164. The quantitative estimate of drug-likeness (QED) is 0.719. The van der Waals surface area contributed by atoms with E-state index in [0.717, 1.165) is 12.2 Å². The van der Waals surface area contributed by atoms with Crippen molar-refractivity contribution in [3.8, 4) is 0 Å². The fourth-order valence-electron chi connectivity index (χ4n) is 0.914. The molecule has 1 aromatic rings. The van der Waals surface area contributed by atoms with Crippen LogP contribution in [0.5, 0.6) is 0 Å². The summed E-state index contributed by atoms with van der Waals surface area (Å²) in [6.45, 7) is 7.28. The number of rotatable bonds is 2. The van der Waals surface area contributed by atoms with E-state index in [4.69, 9.17) is 0 Å². The van der Waals surface area contributed by atoms with Gasteiger partial charge in [-0.25, -0.2) is 4.98 Å². The molecule has 0 aliphatic rings. The average Bonchev–Trinajstić information content (AvgIpc) is 2.30. The molecular weight excluding hydrogens is 150 g/mol. The van der Waals surface area contributed by atoms with Crippen molar-refractivity contribution in [3.05, 3.63) is 18.2 Å². The molecule has 3 nitrogen and oxygen atoms in total. The van der Waals surface area contributed by atoms with Gasteiger partial charge >= 0.3 is 0 Å². The monoisotopic (exact) mass is 167 g/mol. The molecule has 0 aliphatic heterocycles. The maximum Gasteiger partial charge on any atom is 0.0947 e. The zero-order chi connectivity index (χ0) is 9.19. The highest BCUT2D eigenvalue weighted by molar-refractivity contribution is 4.96. The summed E-state index contributed by atoms with van der Waals surface area (Å²) in [5.74, 6) is 0. The topological polar surface area (TPSA) is 29.9 Å². The highest BCUT2D eigenvalue weighted by Crippen LogP contribution is 2.01. The van der Waals surface area contributed by atoms with E-state index in [1.54, 1.807) is 0 Å². The molecule has 1 N–H and O–H groups in total. The molecule has 0 aliphatic carbocycles. The van der Waals surface area contributed by atoms with E-state index >= 15 is 0 Å². The van der Waals surface area contributed by atoms with E-state index in [1.165, 1.54) is 0 Å². The van der Waals surface area contributed by atoms with Crippen molar-refractivity contribution in [2.24, 2.45) is 7.05 Å². The Bertz CT molecular complexity index is 245. The second-order valence-electron chi connectivity index (χ2n) is 4.13. The van der Waals surface area contributed by atoms with Crippen LogP contribution in [0.2, 0.25) is 0 Å². The summed E-state index contributed by atoms with van der Waals surface area (Å²) < 4.78 is 1.96. The van der Waals surface area contributed by atoms with E-state index in [2.05, 4.69) is 31.1 Å². The van der Waals surface area contributed by atoms with Crippen LogP contribution in [0.1, 0.15) is 26.5 Å². The molecule has 1 heterocycles. The Morgan fingerprint density at radius 1 is 1.50 bits per heavy atom. The minimum Gasteiger partial charge on any atom is -0.340 e. The van der Waals surface area contributed by atoms with Gasteiger partial charge in [0.1, 0.15) is 0 Å². The molecule has 12 heavy (non-hydrogen) atoms. The molecule has 0 radical (unpaired) electrons. The van der Waals surface area contributed by atoms with Crippen LogP contribution in [-0.4, -0.2) is 15.1 Å². The molecule has 0 aromatic carbocycles. The van der Waals surface area contributed by atoms with Gasteiger partial charge in [-0.1, -0.05) is 0 Å². The smallest absolute Gasteiger partial charge is 0.0947 e.